The molecular weight excluding hydrogens is 241 g/mol. The van der Waals surface area contributed by atoms with Crippen molar-refractivity contribution >= 4 is 17.4 Å². The summed E-state index contributed by atoms with van der Waals surface area (Å²) in [7, 11) is 0. The molecule has 0 fully saturated rings. The van der Waals surface area contributed by atoms with E-state index in [1.165, 1.54) is 12.3 Å². The summed E-state index contributed by atoms with van der Waals surface area (Å²) in [5.41, 5.74) is 0.980. The monoisotopic (exact) mass is 249 g/mol. The molecule has 0 aliphatic heterocycles. The standard InChI is InChI=1S/C13H9ClFNO/c14-12-4-2-1-3-9(12)6-13(17)10-5-11(15)8-16-7-10/h1-5,7-8H,6H2. The lowest BCUT2D eigenvalue weighted by molar-refractivity contribution is 0.0992. The highest BCUT2D eigenvalue weighted by atomic mass is 35.5. The van der Waals surface area contributed by atoms with E-state index < -0.39 is 5.82 Å². The fourth-order valence-corrected chi connectivity index (χ4v) is 1.68. The molecule has 4 heteroatoms. The number of hydrogen-bond donors (Lipinski definition) is 0. The van der Waals surface area contributed by atoms with Crippen molar-refractivity contribution in [2.75, 3.05) is 0 Å². The molecule has 0 aliphatic carbocycles. The molecule has 1 aromatic carbocycles. The third-order valence-electron chi connectivity index (χ3n) is 2.34. The molecule has 1 heterocycles. The number of pyridine rings is 1. The van der Waals surface area contributed by atoms with Crippen molar-refractivity contribution in [3.8, 4) is 0 Å². The van der Waals surface area contributed by atoms with Crippen LogP contribution >= 0.6 is 11.6 Å². The van der Waals surface area contributed by atoms with Crippen LogP contribution in [0.25, 0.3) is 0 Å². The van der Waals surface area contributed by atoms with Crippen LogP contribution in [0.5, 0.6) is 0 Å². The van der Waals surface area contributed by atoms with Crippen LogP contribution < -0.4 is 0 Å². The van der Waals surface area contributed by atoms with Gasteiger partial charge in [0.2, 0.25) is 0 Å². The number of hydrogen-bond acceptors (Lipinski definition) is 2. The molecule has 2 aromatic rings. The van der Waals surface area contributed by atoms with E-state index in [9.17, 15) is 9.18 Å². The fourth-order valence-electron chi connectivity index (χ4n) is 1.48. The normalized spacial score (nSPS) is 10.2. The van der Waals surface area contributed by atoms with Gasteiger partial charge in [0.15, 0.2) is 5.78 Å². The first kappa shape index (κ1) is 11.7. The van der Waals surface area contributed by atoms with E-state index in [2.05, 4.69) is 4.98 Å². The van der Waals surface area contributed by atoms with Crippen LogP contribution in [0.2, 0.25) is 5.02 Å². The highest BCUT2D eigenvalue weighted by Crippen LogP contribution is 2.17. The number of rotatable bonds is 3. The van der Waals surface area contributed by atoms with E-state index in [1.807, 2.05) is 0 Å². The Kier molecular flexibility index (Phi) is 3.49. The second-order valence-electron chi connectivity index (χ2n) is 3.58. The summed E-state index contributed by atoms with van der Waals surface area (Å²) in [6, 6.07) is 8.26. The quantitative estimate of drug-likeness (QED) is 0.782. The molecular formula is C13H9ClFNO. The predicted octanol–water partition coefficient (Wildman–Crippen LogP) is 3.30. The zero-order valence-corrected chi connectivity index (χ0v) is 9.62. The predicted molar refractivity (Wildman–Crippen MR) is 63.7 cm³/mol. The van der Waals surface area contributed by atoms with Gasteiger partial charge in [-0.25, -0.2) is 4.39 Å². The maximum Gasteiger partial charge on any atom is 0.168 e. The SMILES string of the molecule is O=C(Cc1ccccc1Cl)c1cncc(F)c1. The second-order valence-corrected chi connectivity index (χ2v) is 3.99. The molecule has 0 bridgehead atoms. The van der Waals surface area contributed by atoms with Gasteiger partial charge in [-0.05, 0) is 17.7 Å². The molecule has 0 aliphatic rings. The Balaban J connectivity index is 2.20. The molecule has 2 rings (SSSR count). The van der Waals surface area contributed by atoms with E-state index in [0.717, 1.165) is 11.8 Å². The van der Waals surface area contributed by atoms with Crippen LogP contribution in [0.4, 0.5) is 4.39 Å². The summed E-state index contributed by atoms with van der Waals surface area (Å²) in [4.78, 5) is 15.5. The highest BCUT2D eigenvalue weighted by Gasteiger charge is 2.10. The van der Waals surface area contributed by atoms with Crippen molar-refractivity contribution in [3.05, 3.63) is 64.7 Å². The Morgan fingerprint density at radius 2 is 2.06 bits per heavy atom. The van der Waals surface area contributed by atoms with Gasteiger partial charge < -0.3 is 0 Å². The van der Waals surface area contributed by atoms with Gasteiger partial charge >= 0.3 is 0 Å². The minimum absolute atomic E-state index is 0.144. The molecule has 0 saturated carbocycles. The molecule has 0 N–H and O–H groups in total. The van der Waals surface area contributed by atoms with Crippen molar-refractivity contribution < 1.29 is 9.18 Å². The summed E-state index contributed by atoms with van der Waals surface area (Å²) in [5.74, 6) is -0.722. The first-order valence-corrected chi connectivity index (χ1v) is 5.42. The zero-order valence-electron chi connectivity index (χ0n) is 8.86. The van der Waals surface area contributed by atoms with Gasteiger partial charge in [0.05, 0.1) is 6.20 Å². The van der Waals surface area contributed by atoms with Crippen molar-refractivity contribution in [3.63, 3.8) is 0 Å². The zero-order chi connectivity index (χ0) is 12.3. The fraction of sp³-hybridized carbons (Fsp3) is 0.0769. The molecule has 17 heavy (non-hydrogen) atoms. The Hall–Kier alpha value is -1.74. The van der Waals surface area contributed by atoms with E-state index >= 15 is 0 Å². The van der Waals surface area contributed by atoms with Crippen LogP contribution in [0.1, 0.15) is 15.9 Å². The average molecular weight is 250 g/mol. The van der Waals surface area contributed by atoms with E-state index in [-0.39, 0.29) is 17.8 Å². The molecule has 0 radical (unpaired) electrons. The molecule has 0 saturated heterocycles. The Bertz CT molecular complexity index is 557. The number of halogens is 2. The van der Waals surface area contributed by atoms with Gasteiger partial charge in [0.1, 0.15) is 5.82 Å². The van der Waals surface area contributed by atoms with Gasteiger partial charge in [-0.3, -0.25) is 9.78 Å². The smallest absolute Gasteiger partial charge is 0.168 e. The van der Waals surface area contributed by atoms with Gasteiger partial charge in [-0.1, -0.05) is 29.8 Å². The number of nitrogens with zero attached hydrogens (tertiary/aromatic N) is 1. The first-order valence-electron chi connectivity index (χ1n) is 5.04. The second kappa shape index (κ2) is 5.06. The lowest BCUT2D eigenvalue weighted by Crippen LogP contribution is -2.05. The van der Waals surface area contributed by atoms with Crippen molar-refractivity contribution in [1.82, 2.24) is 4.98 Å². The molecule has 0 amide bonds. The largest absolute Gasteiger partial charge is 0.294 e. The van der Waals surface area contributed by atoms with Gasteiger partial charge in [0.25, 0.3) is 0 Å². The summed E-state index contributed by atoms with van der Waals surface area (Å²) in [6.45, 7) is 0. The summed E-state index contributed by atoms with van der Waals surface area (Å²) in [5, 5.41) is 0.533. The maximum absolute atomic E-state index is 12.9. The third-order valence-corrected chi connectivity index (χ3v) is 2.70. The molecule has 2 nitrogen and oxygen atoms in total. The number of aromatic nitrogens is 1. The molecule has 86 valence electrons. The summed E-state index contributed by atoms with van der Waals surface area (Å²) < 4.78 is 12.9. The minimum atomic E-state index is -0.519. The van der Waals surface area contributed by atoms with E-state index in [1.54, 1.807) is 24.3 Å². The molecule has 0 spiro atoms. The lowest BCUT2D eigenvalue weighted by atomic mass is 10.0. The molecule has 0 atom stereocenters. The van der Waals surface area contributed by atoms with Crippen LogP contribution in [-0.4, -0.2) is 10.8 Å². The third kappa shape index (κ3) is 2.88. The van der Waals surface area contributed by atoms with Gasteiger partial charge in [-0.15, -0.1) is 0 Å². The Labute approximate surface area is 103 Å². The Morgan fingerprint density at radius 3 is 2.76 bits per heavy atom. The van der Waals surface area contributed by atoms with Crippen LogP contribution in [0, 0.1) is 5.82 Å². The Morgan fingerprint density at radius 1 is 1.29 bits per heavy atom. The van der Waals surface area contributed by atoms with E-state index in [0.29, 0.717) is 5.02 Å². The number of carbonyl (C=O) groups excluding carboxylic acids is 1. The number of carbonyl (C=O) groups is 1. The van der Waals surface area contributed by atoms with Crippen LogP contribution in [0.3, 0.4) is 0 Å². The van der Waals surface area contributed by atoms with Crippen molar-refractivity contribution in [2.45, 2.75) is 6.42 Å². The maximum atomic E-state index is 12.9. The van der Waals surface area contributed by atoms with Crippen LogP contribution in [-0.2, 0) is 6.42 Å². The highest BCUT2D eigenvalue weighted by molar-refractivity contribution is 6.31. The molecule has 0 unspecified atom stereocenters. The van der Waals surface area contributed by atoms with Crippen molar-refractivity contribution in [2.24, 2.45) is 0 Å². The summed E-state index contributed by atoms with van der Waals surface area (Å²) in [6.07, 6.45) is 2.55. The minimum Gasteiger partial charge on any atom is -0.294 e. The summed E-state index contributed by atoms with van der Waals surface area (Å²) >= 11 is 5.95. The van der Waals surface area contributed by atoms with Crippen LogP contribution in [0.15, 0.2) is 42.7 Å². The van der Waals surface area contributed by atoms with Gasteiger partial charge in [0, 0.05) is 23.2 Å². The average Bonchev–Trinajstić information content (AvgIpc) is 2.32. The topological polar surface area (TPSA) is 30.0 Å². The lowest BCUT2D eigenvalue weighted by Gasteiger charge is -2.03. The number of ketones is 1. The number of benzene rings is 1. The van der Waals surface area contributed by atoms with Gasteiger partial charge in [-0.2, -0.15) is 0 Å². The van der Waals surface area contributed by atoms with E-state index in [4.69, 9.17) is 11.6 Å². The number of Topliss-reactive ketones (excluding diaryl/α,β-unsaturated/α-hetero) is 1. The first-order chi connectivity index (χ1) is 8.16. The molecule has 1 aromatic heterocycles. The van der Waals surface area contributed by atoms with Crippen molar-refractivity contribution in [1.29, 1.82) is 0 Å².